The molecule has 0 saturated carbocycles. The van der Waals surface area contributed by atoms with Gasteiger partial charge in [-0.25, -0.2) is 0 Å². The third-order valence-corrected chi connectivity index (χ3v) is 4.29. The minimum absolute atomic E-state index is 0.647. The lowest BCUT2D eigenvalue weighted by molar-refractivity contribution is 0.146. The lowest BCUT2D eigenvalue weighted by Crippen LogP contribution is -2.50. The topological polar surface area (TPSA) is 18.5 Å². The first-order valence-electron chi connectivity index (χ1n) is 7.68. The molecule has 1 rings (SSSR count). The summed E-state index contributed by atoms with van der Waals surface area (Å²) in [6, 6.07) is 1.35. The van der Waals surface area contributed by atoms with Crippen molar-refractivity contribution in [3.8, 4) is 0 Å². The maximum atomic E-state index is 3.70. The molecule has 0 aromatic rings. The van der Waals surface area contributed by atoms with Gasteiger partial charge in [0.05, 0.1) is 0 Å². The fourth-order valence-electron chi connectivity index (χ4n) is 3.15. The third-order valence-electron chi connectivity index (χ3n) is 4.29. The molecule has 3 atom stereocenters. The van der Waals surface area contributed by atoms with Gasteiger partial charge in [0, 0.05) is 25.2 Å². The Morgan fingerprint density at radius 2 is 2.00 bits per heavy atom. The van der Waals surface area contributed by atoms with Gasteiger partial charge in [-0.3, -0.25) is 4.90 Å². The summed E-state index contributed by atoms with van der Waals surface area (Å²) in [5.74, 6) is 0.944. The van der Waals surface area contributed by atoms with Gasteiger partial charge in [-0.1, -0.05) is 20.3 Å². The van der Waals surface area contributed by atoms with E-state index in [4.69, 9.17) is 0 Å². The number of piperidine rings is 1. The number of hydrogen-bond donors (Lipinski definition) is 1. The molecule has 18 heavy (non-hydrogen) atoms. The van der Waals surface area contributed by atoms with Crippen molar-refractivity contribution in [2.45, 2.75) is 52.1 Å². The Kier molecular flexibility index (Phi) is 7.20. The van der Waals surface area contributed by atoms with Crippen LogP contribution >= 0.6 is 0 Å². The van der Waals surface area contributed by atoms with E-state index < -0.39 is 0 Å². The highest BCUT2D eigenvalue weighted by Crippen LogP contribution is 2.20. The molecule has 1 saturated heterocycles. The van der Waals surface area contributed by atoms with Crippen LogP contribution in [-0.2, 0) is 0 Å². The van der Waals surface area contributed by atoms with Crippen LogP contribution in [0.2, 0.25) is 0 Å². The minimum Gasteiger partial charge on any atom is -0.313 e. The number of rotatable bonds is 7. The molecule has 0 aliphatic carbocycles. The van der Waals surface area contributed by atoms with E-state index in [-0.39, 0.29) is 0 Å². The summed E-state index contributed by atoms with van der Waals surface area (Å²) in [5, 5.41) is 3.70. The Hall–Kier alpha value is -0.120. The normalized spacial score (nSPS) is 26.8. The molecule has 108 valence electrons. The molecule has 1 N–H and O–H groups in total. The molecule has 0 amide bonds. The molecule has 1 aliphatic heterocycles. The van der Waals surface area contributed by atoms with Gasteiger partial charge >= 0.3 is 0 Å². The molecule has 3 heteroatoms. The van der Waals surface area contributed by atoms with Gasteiger partial charge in [-0.15, -0.1) is 0 Å². The minimum atomic E-state index is 0.647. The lowest BCUT2D eigenvalue weighted by atomic mass is 9.90. The summed E-state index contributed by atoms with van der Waals surface area (Å²) in [6.07, 6.45) is 4.08. The molecular formula is C15H33N3. The van der Waals surface area contributed by atoms with E-state index in [1.54, 1.807) is 0 Å². The molecule has 3 nitrogen and oxygen atoms in total. The van der Waals surface area contributed by atoms with Crippen molar-refractivity contribution in [3.63, 3.8) is 0 Å². The molecule has 0 aromatic heterocycles. The lowest BCUT2D eigenvalue weighted by Gasteiger charge is -2.37. The highest BCUT2D eigenvalue weighted by atomic mass is 15.2. The van der Waals surface area contributed by atoms with Gasteiger partial charge < -0.3 is 10.2 Å². The smallest absolute Gasteiger partial charge is 0.0197 e. The van der Waals surface area contributed by atoms with E-state index in [0.717, 1.165) is 19.0 Å². The summed E-state index contributed by atoms with van der Waals surface area (Å²) in [7, 11) is 4.33. The predicted octanol–water partition coefficient (Wildman–Crippen LogP) is 2.04. The highest BCUT2D eigenvalue weighted by Gasteiger charge is 2.23. The van der Waals surface area contributed by atoms with Crippen LogP contribution in [-0.4, -0.2) is 62.2 Å². The number of nitrogens with zero attached hydrogens (tertiary/aromatic N) is 2. The van der Waals surface area contributed by atoms with Crippen LogP contribution < -0.4 is 5.32 Å². The van der Waals surface area contributed by atoms with Crippen molar-refractivity contribution < 1.29 is 0 Å². The SMILES string of the molecule is CCC1CCNC(CN(CC)C(C)CN(C)C)C1. The Labute approximate surface area is 114 Å². The fraction of sp³-hybridized carbons (Fsp3) is 1.00. The van der Waals surface area contributed by atoms with Crippen LogP contribution in [0.15, 0.2) is 0 Å². The zero-order valence-corrected chi connectivity index (χ0v) is 13.1. The second kappa shape index (κ2) is 8.13. The van der Waals surface area contributed by atoms with Crippen LogP contribution in [0.1, 0.15) is 40.0 Å². The van der Waals surface area contributed by atoms with Gasteiger partial charge in [0.1, 0.15) is 0 Å². The average molecular weight is 255 g/mol. The van der Waals surface area contributed by atoms with Crippen LogP contribution in [0.5, 0.6) is 0 Å². The molecule has 1 fully saturated rings. The summed E-state index contributed by atoms with van der Waals surface area (Å²) in [4.78, 5) is 4.91. The third kappa shape index (κ3) is 5.25. The van der Waals surface area contributed by atoms with Crippen LogP contribution in [0.3, 0.4) is 0 Å². The molecule has 1 heterocycles. The Morgan fingerprint density at radius 1 is 1.28 bits per heavy atom. The molecule has 0 bridgehead atoms. The monoisotopic (exact) mass is 255 g/mol. The van der Waals surface area contributed by atoms with Crippen molar-refractivity contribution in [1.29, 1.82) is 0 Å². The molecular weight excluding hydrogens is 222 g/mol. The molecule has 1 aliphatic rings. The Bertz CT molecular complexity index is 218. The first-order valence-corrected chi connectivity index (χ1v) is 7.68. The van der Waals surface area contributed by atoms with Crippen LogP contribution in [0.25, 0.3) is 0 Å². The number of likely N-dealkylation sites (N-methyl/N-ethyl adjacent to an activating group) is 2. The van der Waals surface area contributed by atoms with Gasteiger partial charge in [0.15, 0.2) is 0 Å². The quantitative estimate of drug-likeness (QED) is 0.751. The van der Waals surface area contributed by atoms with Crippen LogP contribution in [0.4, 0.5) is 0 Å². The first-order chi connectivity index (χ1) is 8.56. The fourth-order valence-corrected chi connectivity index (χ4v) is 3.15. The molecule has 0 radical (unpaired) electrons. The van der Waals surface area contributed by atoms with E-state index in [0.29, 0.717) is 12.1 Å². The standard InChI is InChI=1S/C15H33N3/c1-6-14-8-9-16-15(10-14)12-18(7-2)13(3)11-17(4)5/h13-16H,6-12H2,1-5H3. The van der Waals surface area contributed by atoms with Gasteiger partial charge in [0.25, 0.3) is 0 Å². The first kappa shape index (κ1) is 15.9. The molecule has 0 spiro atoms. The van der Waals surface area contributed by atoms with E-state index in [1.165, 1.54) is 32.4 Å². The summed E-state index contributed by atoms with van der Waals surface area (Å²) in [5.41, 5.74) is 0. The van der Waals surface area contributed by atoms with E-state index in [1.807, 2.05) is 0 Å². The zero-order chi connectivity index (χ0) is 13.5. The average Bonchev–Trinajstić information content (AvgIpc) is 2.35. The van der Waals surface area contributed by atoms with Crippen molar-refractivity contribution in [3.05, 3.63) is 0 Å². The van der Waals surface area contributed by atoms with E-state index in [9.17, 15) is 0 Å². The predicted molar refractivity (Wildman–Crippen MR) is 80.1 cm³/mol. The Morgan fingerprint density at radius 3 is 2.56 bits per heavy atom. The zero-order valence-electron chi connectivity index (χ0n) is 13.1. The second-order valence-electron chi connectivity index (χ2n) is 6.15. The maximum absolute atomic E-state index is 3.70. The van der Waals surface area contributed by atoms with Gasteiger partial charge in [-0.05, 0) is 52.9 Å². The van der Waals surface area contributed by atoms with Crippen molar-refractivity contribution in [2.24, 2.45) is 5.92 Å². The number of hydrogen-bond acceptors (Lipinski definition) is 3. The maximum Gasteiger partial charge on any atom is 0.0197 e. The van der Waals surface area contributed by atoms with Crippen molar-refractivity contribution >= 4 is 0 Å². The van der Waals surface area contributed by atoms with E-state index in [2.05, 4.69) is 50.0 Å². The molecule has 3 unspecified atom stereocenters. The second-order valence-corrected chi connectivity index (χ2v) is 6.15. The van der Waals surface area contributed by atoms with Crippen molar-refractivity contribution in [2.75, 3.05) is 40.3 Å². The van der Waals surface area contributed by atoms with Gasteiger partial charge in [-0.2, -0.15) is 0 Å². The van der Waals surface area contributed by atoms with Crippen LogP contribution in [0, 0.1) is 5.92 Å². The largest absolute Gasteiger partial charge is 0.313 e. The Balaban J connectivity index is 2.41. The van der Waals surface area contributed by atoms with Gasteiger partial charge in [0.2, 0.25) is 0 Å². The highest BCUT2D eigenvalue weighted by molar-refractivity contribution is 4.82. The van der Waals surface area contributed by atoms with Crippen molar-refractivity contribution in [1.82, 2.24) is 15.1 Å². The summed E-state index contributed by atoms with van der Waals surface area (Å²) >= 11 is 0. The van der Waals surface area contributed by atoms with E-state index >= 15 is 0 Å². The number of nitrogens with one attached hydrogen (secondary N) is 1. The molecule has 0 aromatic carbocycles. The summed E-state index contributed by atoms with van der Waals surface area (Å²) < 4.78 is 0. The summed E-state index contributed by atoms with van der Waals surface area (Å²) in [6.45, 7) is 11.7.